The first-order valence-corrected chi connectivity index (χ1v) is 7.30. The Morgan fingerprint density at radius 1 is 1.20 bits per heavy atom. The van der Waals surface area contributed by atoms with Crippen molar-refractivity contribution >= 4 is 23.4 Å². The summed E-state index contributed by atoms with van der Waals surface area (Å²) in [5.74, 6) is 0.549. The van der Waals surface area contributed by atoms with Gasteiger partial charge in [0, 0.05) is 10.6 Å². The van der Waals surface area contributed by atoms with E-state index in [0.29, 0.717) is 11.3 Å². The Morgan fingerprint density at radius 3 is 2.80 bits per heavy atom. The van der Waals surface area contributed by atoms with Crippen LogP contribution in [0.25, 0.3) is 0 Å². The van der Waals surface area contributed by atoms with E-state index in [1.54, 1.807) is 30.0 Å². The van der Waals surface area contributed by atoms with Crippen molar-refractivity contribution in [3.8, 4) is 6.07 Å². The van der Waals surface area contributed by atoms with E-state index in [-0.39, 0.29) is 11.8 Å². The van der Waals surface area contributed by atoms with E-state index in [2.05, 4.69) is 11.4 Å². The number of carbonyl (C=O) groups is 1. The van der Waals surface area contributed by atoms with Gasteiger partial charge in [-0.15, -0.1) is 11.8 Å². The standard InChI is InChI=1S/C16H12N2OS/c17-9-11-5-1-3-7-14(11)18-16(19)13-10-20-15-8-4-2-6-12(13)15/h1-8,13H,10H2,(H,18,19). The number of nitriles is 1. The topological polar surface area (TPSA) is 52.9 Å². The lowest BCUT2D eigenvalue weighted by atomic mass is 10.0. The average Bonchev–Trinajstić information content (AvgIpc) is 2.92. The molecule has 2 aromatic rings. The van der Waals surface area contributed by atoms with Crippen molar-refractivity contribution in [3.05, 3.63) is 59.7 Å². The van der Waals surface area contributed by atoms with Crippen molar-refractivity contribution < 1.29 is 4.79 Å². The molecule has 0 bridgehead atoms. The van der Waals surface area contributed by atoms with Crippen LogP contribution < -0.4 is 5.32 Å². The molecule has 1 heterocycles. The lowest BCUT2D eigenvalue weighted by molar-refractivity contribution is -0.117. The molecular formula is C16H12N2OS. The third-order valence-corrected chi connectivity index (χ3v) is 4.50. The largest absolute Gasteiger partial charge is 0.324 e. The second-order valence-corrected chi connectivity index (χ2v) is 5.61. The van der Waals surface area contributed by atoms with Gasteiger partial charge in [0.05, 0.1) is 17.2 Å². The van der Waals surface area contributed by atoms with Crippen molar-refractivity contribution in [3.63, 3.8) is 0 Å². The van der Waals surface area contributed by atoms with Crippen LogP contribution in [-0.2, 0) is 4.79 Å². The second-order valence-electron chi connectivity index (χ2n) is 4.55. The number of rotatable bonds is 2. The minimum Gasteiger partial charge on any atom is -0.324 e. The van der Waals surface area contributed by atoms with Gasteiger partial charge in [-0.25, -0.2) is 0 Å². The van der Waals surface area contributed by atoms with Gasteiger partial charge in [0.25, 0.3) is 0 Å². The molecule has 0 saturated heterocycles. The summed E-state index contributed by atoms with van der Waals surface area (Å²) in [5.41, 5.74) is 2.14. The monoisotopic (exact) mass is 280 g/mol. The molecule has 0 spiro atoms. The molecule has 1 atom stereocenters. The molecule has 0 radical (unpaired) electrons. The maximum absolute atomic E-state index is 12.4. The van der Waals surface area contributed by atoms with Crippen LogP contribution in [0.3, 0.4) is 0 Å². The third kappa shape index (κ3) is 2.28. The number of carbonyl (C=O) groups excluding carboxylic acids is 1. The molecule has 0 fully saturated rings. The highest BCUT2D eigenvalue weighted by molar-refractivity contribution is 7.99. The molecular weight excluding hydrogens is 268 g/mol. The minimum atomic E-state index is -0.150. The molecule has 0 aromatic heterocycles. The van der Waals surface area contributed by atoms with Gasteiger partial charge >= 0.3 is 0 Å². The summed E-state index contributed by atoms with van der Waals surface area (Å²) in [6.07, 6.45) is 0. The van der Waals surface area contributed by atoms with Crippen LogP contribution in [0, 0.1) is 11.3 Å². The number of hydrogen-bond donors (Lipinski definition) is 1. The molecule has 4 heteroatoms. The summed E-state index contributed by atoms with van der Waals surface area (Å²) in [4.78, 5) is 13.6. The van der Waals surface area contributed by atoms with Crippen LogP contribution in [0.5, 0.6) is 0 Å². The quantitative estimate of drug-likeness (QED) is 0.917. The van der Waals surface area contributed by atoms with Gasteiger partial charge in [-0.2, -0.15) is 5.26 Å². The number of fused-ring (bicyclic) bond motifs is 1. The number of hydrogen-bond acceptors (Lipinski definition) is 3. The number of amides is 1. The SMILES string of the molecule is N#Cc1ccccc1NC(=O)C1CSc2ccccc21. The van der Waals surface area contributed by atoms with Crippen LogP contribution in [-0.4, -0.2) is 11.7 Å². The normalized spacial score (nSPS) is 16.2. The minimum absolute atomic E-state index is 0.0508. The Kier molecular flexibility index (Phi) is 3.44. The van der Waals surface area contributed by atoms with E-state index < -0.39 is 0 Å². The molecule has 1 aliphatic heterocycles. The lowest BCUT2D eigenvalue weighted by Gasteiger charge is -2.12. The van der Waals surface area contributed by atoms with Crippen molar-refractivity contribution in [2.75, 3.05) is 11.1 Å². The van der Waals surface area contributed by atoms with E-state index in [4.69, 9.17) is 5.26 Å². The second kappa shape index (κ2) is 5.40. The molecule has 98 valence electrons. The Morgan fingerprint density at radius 2 is 1.95 bits per heavy atom. The molecule has 0 aliphatic carbocycles. The number of para-hydroxylation sites is 1. The smallest absolute Gasteiger partial charge is 0.232 e. The highest BCUT2D eigenvalue weighted by atomic mass is 32.2. The van der Waals surface area contributed by atoms with Gasteiger partial charge in [-0.3, -0.25) is 4.79 Å². The van der Waals surface area contributed by atoms with Gasteiger partial charge < -0.3 is 5.32 Å². The fourth-order valence-electron chi connectivity index (χ4n) is 2.29. The predicted molar refractivity (Wildman–Crippen MR) is 79.7 cm³/mol. The molecule has 20 heavy (non-hydrogen) atoms. The molecule has 2 aromatic carbocycles. The summed E-state index contributed by atoms with van der Waals surface area (Å²) in [6, 6.07) is 17.1. The van der Waals surface area contributed by atoms with Gasteiger partial charge in [-0.05, 0) is 23.8 Å². The van der Waals surface area contributed by atoms with E-state index in [9.17, 15) is 4.79 Å². The zero-order chi connectivity index (χ0) is 13.9. The third-order valence-electron chi connectivity index (χ3n) is 3.32. The molecule has 3 rings (SSSR count). The van der Waals surface area contributed by atoms with E-state index in [0.717, 1.165) is 11.3 Å². The summed E-state index contributed by atoms with van der Waals surface area (Å²) in [6.45, 7) is 0. The van der Waals surface area contributed by atoms with Crippen molar-refractivity contribution in [1.82, 2.24) is 0 Å². The molecule has 1 amide bonds. The van der Waals surface area contributed by atoms with Crippen LogP contribution >= 0.6 is 11.8 Å². The van der Waals surface area contributed by atoms with E-state index >= 15 is 0 Å². The van der Waals surface area contributed by atoms with E-state index in [1.165, 1.54) is 4.90 Å². The fourth-order valence-corrected chi connectivity index (χ4v) is 3.52. The number of nitrogens with one attached hydrogen (secondary N) is 1. The first-order valence-electron chi connectivity index (χ1n) is 6.31. The van der Waals surface area contributed by atoms with Crippen LogP contribution in [0.15, 0.2) is 53.4 Å². The van der Waals surface area contributed by atoms with Crippen molar-refractivity contribution in [2.24, 2.45) is 0 Å². The van der Waals surface area contributed by atoms with E-state index in [1.807, 2.05) is 30.3 Å². The summed E-state index contributed by atoms with van der Waals surface area (Å²) < 4.78 is 0. The van der Waals surface area contributed by atoms with Gasteiger partial charge in [0.15, 0.2) is 0 Å². The van der Waals surface area contributed by atoms with Gasteiger partial charge in [0.1, 0.15) is 6.07 Å². The lowest BCUT2D eigenvalue weighted by Crippen LogP contribution is -2.21. The number of thioether (sulfide) groups is 1. The zero-order valence-electron chi connectivity index (χ0n) is 10.7. The zero-order valence-corrected chi connectivity index (χ0v) is 11.5. The Labute approximate surface area is 121 Å². The molecule has 0 saturated carbocycles. The first-order chi connectivity index (χ1) is 9.79. The molecule has 1 unspecified atom stereocenters. The highest BCUT2D eigenvalue weighted by Crippen LogP contribution is 2.39. The Balaban J connectivity index is 1.83. The van der Waals surface area contributed by atoms with Gasteiger partial charge in [0.2, 0.25) is 5.91 Å². The van der Waals surface area contributed by atoms with Crippen molar-refractivity contribution in [1.29, 1.82) is 5.26 Å². The summed E-state index contributed by atoms with van der Waals surface area (Å²) in [7, 11) is 0. The highest BCUT2D eigenvalue weighted by Gasteiger charge is 2.29. The Bertz CT molecular complexity index is 706. The maximum Gasteiger partial charge on any atom is 0.232 e. The summed E-state index contributed by atoms with van der Waals surface area (Å²) >= 11 is 1.70. The van der Waals surface area contributed by atoms with Crippen LogP contribution in [0.1, 0.15) is 17.0 Å². The maximum atomic E-state index is 12.4. The summed E-state index contributed by atoms with van der Waals surface area (Å²) in [5, 5.41) is 11.9. The number of benzene rings is 2. The molecule has 3 nitrogen and oxygen atoms in total. The number of anilines is 1. The molecule has 1 N–H and O–H groups in total. The van der Waals surface area contributed by atoms with Gasteiger partial charge in [-0.1, -0.05) is 30.3 Å². The number of nitrogens with zero attached hydrogens (tertiary/aromatic N) is 1. The first kappa shape index (κ1) is 12.8. The van der Waals surface area contributed by atoms with Crippen molar-refractivity contribution in [2.45, 2.75) is 10.8 Å². The Hall–Kier alpha value is -2.25. The van der Waals surface area contributed by atoms with Crippen LogP contribution in [0.4, 0.5) is 5.69 Å². The predicted octanol–water partition coefficient (Wildman–Crippen LogP) is 3.39. The average molecular weight is 280 g/mol. The fraction of sp³-hybridized carbons (Fsp3) is 0.125. The van der Waals surface area contributed by atoms with Crippen LogP contribution in [0.2, 0.25) is 0 Å². The molecule has 1 aliphatic rings.